The average molecular weight is 533 g/mol. The van der Waals surface area contributed by atoms with Crippen molar-refractivity contribution in [1.29, 1.82) is 0 Å². The van der Waals surface area contributed by atoms with Gasteiger partial charge < -0.3 is 28.5 Å². The quantitative estimate of drug-likeness (QED) is 0.284. The molecule has 1 atom stereocenters. The number of hydrogen-bond donors (Lipinski definition) is 1. The number of nitrogens with zero attached hydrogens (tertiary/aromatic N) is 1. The van der Waals surface area contributed by atoms with Crippen molar-refractivity contribution < 1.29 is 33.0 Å². The molecule has 1 amide bonds. The van der Waals surface area contributed by atoms with Crippen LogP contribution in [0, 0.1) is 6.92 Å². The van der Waals surface area contributed by atoms with E-state index in [1.165, 1.54) is 19.1 Å². The van der Waals surface area contributed by atoms with Crippen LogP contribution < -0.4 is 10.4 Å². The SMILES string of the molecule is COC(=O)CCc1c(C)c2ccc(OCC(=O)N3Cc4[nH]c5ccccc5c4CC3C(=O)OC)cc2oc1=O. The van der Waals surface area contributed by atoms with Crippen LogP contribution in [0.2, 0.25) is 0 Å². The molecule has 1 aliphatic heterocycles. The molecule has 3 heterocycles. The lowest BCUT2D eigenvalue weighted by atomic mass is 9.96. The smallest absolute Gasteiger partial charge is 0.339 e. The van der Waals surface area contributed by atoms with Crippen molar-refractivity contribution in [2.24, 2.45) is 0 Å². The van der Waals surface area contributed by atoms with Crippen molar-refractivity contribution >= 4 is 39.7 Å². The highest BCUT2D eigenvalue weighted by Gasteiger charge is 2.37. The maximum Gasteiger partial charge on any atom is 0.339 e. The largest absolute Gasteiger partial charge is 0.484 e. The number of fused-ring (bicyclic) bond motifs is 4. The summed E-state index contributed by atoms with van der Waals surface area (Å²) < 4.78 is 20.9. The van der Waals surface area contributed by atoms with E-state index in [0.29, 0.717) is 34.3 Å². The average Bonchev–Trinajstić information content (AvgIpc) is 3.31. The number of methoxy groups -OCH3 is 2. The van der Waals surface area contributed by atoms with Crippen molar-refractivity contribution in [2.75, 3.05) is 20.8 Å². The highest BCUT2D eigenvalue weighted by molar-refractivity contribution is 5.90. The lowest BCUT2D eigenvalue weighted by Gasteiger charge is -2.33. The van der Waals surface area contributed by atoms with Gasteiger partial charge in [0.2, 0.25) is 0 Å². The molecule has 0 radical (unpaired) electrons. The number of H-pyrrole nitrogens is 1. The number of aryl methyl sites for hydroxylation is 1. The Bertz CT molecular complexity index is 1650. The molecule has 5 rings (SSSR count). The van der Waals surface area contributed by atoms with Gasteiger partial charge in [0, 0.05) is 46.5 Å². The van der Waals surface area contributed by atoms with Crippen molar-refractivity contribution in [3.8, 4) is 5.75 Å². The van der Waals surface area contributed by atoms with Gasteiger partial charge in [0.15, 0.2) is 6.61 Å². The number of esters is 2. The van der Waals surface area contributed by atoms with Crippen molar-refractivity contribution in [3.63, 3.8) is 0 Å². The number of para-hydroxylation sites is 1. The van der Waals surface area contributed by atoms with E-state index in [4.69, 9.17) is 13.9 Å². The van der Waals surface area contributed by atoms with Crippen molar-refractivity contribution in [3.05, 3.63) is 75.3 Å². The highest BCUT2D eigenvalue weighted by Crippen LogP contribution is 2.31. The van der Waals surface area contributed by atoms with Gasteiger partial charge in [0.05, 0.1) is 20.8 Å². The van der Waals surface area contributed by atoms with Crippen LogP contribution in [0.4, 0.5) is 0 Å². The summed E-state index contributed by atoms with van der Waals surface area (Å²) in [5.74, 6) is -0.958. The molecule has 10 heteroatoms. The Morgan fingerprint density at radius 3 is 2.64 bits per heavy atom. The van der Waals surface area contributed by atoms with Gasteiger partial charge in [-0.2, -0.15) is 0 Å². The molecule has 1 unspecified atom stereocenters. The predicted molar refractivity (Wildman–Crippen MR) is 141 cm³/mol. The first kappa shape index (κ1) is 26.0. The van der Waals surface area contributed by atoms with E-state index >= 15 is 0 Å². The number of aromatic nitrogens is 1. The minimum absolute atomic E-state index is 0.0694. The minimum Gasteiger partial charge on any atom is -0.484 e. The van der Waals surface area contributed by atoms with Gasteiger partial charge in [-0.1, -0.05) is 18.2 Å². The molecule has 202 valence electrons. The van der Waals surface area contributed by atoms with Gasteiger partial charge in [-0.15, -0.1) is 0 Å². The third kappa shape index (κ3) is 4.97. The molecule has 39 heavy (non-hydrogen) atoms. The number of carbonyl (C=O) groups excluding carboxylic acids is 3. The molecule has 2 aromatic carbocycles. The summed E-state index contributed by atoms with van der Waals surface area (Å²) in [6.07, 6.45) is 0.606. The predicted octanol–water partition coefficient (Wildman–Crippen LogP) is 3.19. The summed E-state index contributed by atoms with van der Waals surface area (Å²) in [4.78, 5) is 54.8. The van der Waals surface area contributed by atoms with E-state index in [-0.39, 0.29) is 31.9 Å². The number of ether oxygens (including phenoxy) is 3. The molecule has 0 spiro atoms. The number of benzene rings is 2. The van der Waals surface area contributed by atoms with Crippen LogP contribution in [0.1, 0.15) is 28.8 Å². The third-order valence-corrected chi connectivity index (χ3v) is 7.23. The van der Waals surface area contributed by atoms with Crippen molar-refractivity contribution in [1.82, 2.24) is 9.88 Å². The Hall–Kier alpha value is -4.60. The highest BCUT2D eigenvalue weighted by atomic mass is 16.5. The minimum atomic E-state index is -0.779. The first-order valence-electron chi connectivity index (χ1n) is 12.5. The molecular formula is C29H28N2O8. The fraction of sp³-hybridized carbons (Fsp3) is 0.310. The van der Waals surface area contributed by atoms with Gasteiger partial charge in [-0.05, 0) is 42.7 Å². The zero-order valence-corrected chi connectivity index (χ0v) is 21.9. The number of carbonyl (C=O) groups is 3. The summed E-state index contributed by atoms with van der Waals surface area (Å²) in [5, 5.41) is 1.72. The Morgan fingerprint density at radius 1 is 1.08 bits per heavy atom. The molecular weight excluding hydrogens is 504 g/mol. The number of rotatable bonds is 7. The second-order valence-corrected chi connectivity index (χ2v) is 9.41. The lowest BCUT2D eigenvalue weighted by Crippen LogP contribution is -2.50. The molecule has 0 saturated heterocycles. The first-order valence-corrected chi connectivity index (χ1v) is 12.5. The van der Waals surface area contributed by atoms with Gasteiger partial charge in [0.1, 0.15) is 17.4 Å². The second kappa shape index (κ2) is 10.6. The van der Waals surface area contributed by atoms with Gasteiger partial charge in [0.25, 0.3) is 5.91 Å². The molecule has 4 aromatic rings. The van der Waals surface area contributed by atoms with E-state index in [1.807, 2.05) is 24.3 Å². The second-order valence-electron chi connectivity index (χ2n) is 9.41. The fourth-order valence-corrected chi connectivity index (χ4v) is 5.13. The van der Waals surface area contributed by atoms with Gasteiger partial charge in [-0.3, -0.25) is 9.59 Å². The summed E-state index contributed by atoms with van der Waals surface area (Å²) in [6.45, 7) is 1.68. The van der Waals surface area contributed by atoms with Crippen LogP contribution >= 0.6 is 0 Å². The molecule has 0 saturated carbocycles. The zero-order valence-electron chi connectivity index (χ0n) is 21.9. The standard InChI is InChI=1S/C29H28N2O8/c1-16-18-9-8-17(12-25(18)39-28(34)19(16)10-11-27(33)36-2)38-15-26(32)31-14-23-21(13-24(31)29(35)37-3)20-6-4-5-7-22(20)30-23/h4-9,12,24,30H,10-11,13-15H2,1-3H3. The first-order chi connectivity index (χ1) is 18.8. The summed E-state index contributed by atoms with van der Waals surface area (Å²) in [7, 11) is 2.60. The van der Waals surface area contributed by atoms with Gasteiger partial charge in [-0.25, -0.2) is 9.59 Å². The Balaban J connectivity index is 1.34. The zero-order chi connectivity index (χ0) is 27.7. The molecule has 0 bridgehead atoms. The van der Waals surface area contributed by atoms with Crippen LogP contribution in [-0.2, 0) is 43.2 Å². The Kier molecular flexibility index (Phi) is 7.10. The van der Waals surface area contributed by atoms with E-state index in [9.17, 15) is 19.2 Å². The topological polar surface area (TPSA) is 128 Å². The molecule has 1 N–H and O–H groups in total. The van der Waals surface area contributed by atoms with Crippen molar-refractivity contribution in [2.45, 2.75) is 38.8 Å². The van der Waals surface area contributed by atoms with Gasteiger partial charge >= 0.3 is 17.6 Å². The molecule has 10 nitrogen and oxygen atoms in total. The number of amides is 1. The molecule has 0 fully saturated rings. The normalized spacial score (nSPS) is 14.7. The lowest BCUT2D eigenvalue weighted by molar-refractivity contribution is -0.154. The van der Waals surface area contributed by atoms with Crippen LogP contribution in [-0.4, -0.2) is 54.6 Å². The maximum absolute atomic E-state index is 13.3. The van der Waals surface area contributed by atoms with E-state index in [1.54, 1.807) is 25.1 Å². The summed E-state index contributed by atoms with van der Waals surface area (Å²) in [5.41, 5.74) is 3.69. The van der Waals surface area contributed by atoms with E-state index in [0.717, 1.165) is 22.2 Å². The fourth-order valence-electron chi connectivity index (χ4n) is 5.13. The van der Waals surface area contributed by atoms with Crippen LogP contribution in [0.15, 0.2) is 51.7 Å². The third-order valence-electron chi connectivity index (χ3n) is 7.23. The number of aromatic amines is 1. The van der Waals surface area contributed by atoms with E-state index < -0.39 is 23.6 Å². The Labute approximate surface area is 223 Å². The summed E-state index contributed by atoms with van der Waals surface area (Å²) in [6, 6.07) is 12.0. The monoisotopic (exact) mass is 532 g/mol. The number of nitrogens with one attached hydrogen (secondary N) is 1. The van der Waals surface area contributed by atoms with Crippen LogP contribution in [0.3, 0.4) is 0 Å². The summed E-state index contributed by atoms with van der Waals surface area (Å²) >= 11 is 0. The number of hydrogen-bond acceptors (Lipinski definition) is 8. The van der Waals surface area contributed by atoms with Crippen LogP contribution in [0.25, 0.3) is 21.9 Å². The molecule has 2 aromatic heterocycles. The molecule has 1 aliphatic rings. The Morgan fingerprint density at radius 2 is 1.87 bits per heavy atom. The van der Waals surface area contributed by atoms with E-state index in [2.05, 4.69) is 9.72 Å². The van der Waals surface area contributed by atoms with Crippen LogP contribution in [0.5, 0.6) is 5.75 Å². The maximum atomic E-state index is 13.3. The molecule has 0 aliphatic carbocycles.